The lowest BCUT2D eigenvalue weighted by atomic mass is 9.57. The third-order valence-corrected chi connectivity index (χ3v) is 14.3. The Balaban J connectivity index is 1.40. The summed E-state index contributed by atoms with van der Waals surface area (Å²) in [5, 5.41) is 74.0. The Morgan fingerprint density at radius 2 is 1.84 bits per heavy atom. The number of rotatable bonds is 4. The number of nitrogens with one attached hydrogen (secondary N) is 2. The van der Waals surface area contributed by atoms with Crippen LogP contribution < -0.4 is 15.4 Å². The van der Waals surface area contributed by atoms with E-state index in [-0.39, 0.29) is 35.7 Å². The highest BCUT2D eigenvalue weighted by Crippen LogP contribution is 2.58. The second-order valence-electron chi connectivity index (χ2n) is 14.5. The number of aliphatic hydroxyl groups is 6. The Morgan fingerprint density at radius 3 is 2.59 bits per heavy atom. The number of ether oxygens (including phenoxy) is 2. The summed E-state index contributed by atoms with van der Waals surface area (Å²) in [4.78, 5) is 29.7. The van der Waals surface area contributed by atoms with Crippen LogP contribution in [0.2, 0.25) is 0 Å². The van der Waals surface area contributed by atoms with E-state index in [0.717, 1.165) is 24.2 Å². The second-order valence-corrected chi connectivity index (χ2v) is 17.1. The summed E-state index contributed by atoms with van der Waals surface area (Å²) in [6.07, 6.45) is 4.50. The molecule has 0 amide bonds. The minimum absolute atomic E-state index is 0.0474. The normalized spacial score (nSPS) is 36.2. The minimum atomic E-state index is -2.20. The summed E-state index contributed by atoms with van der Waals surface area (Å²) < 4.78 is 12.2. The number of Topliss-reactive ketones (excluding diaryl/α,β-unsaturated/α-hetero) is 2. The van der Waals surface area contributed by atoms with Crippen LogP contribution in [0.25, 0.3) is 0 Å². The van der Waals surface area contributed by atoms with Crippen molar-refractivity contribution in [3.63, 3.8) is 0 Å². The van der Waals surface area contributed by atoms with Crippen molar-refractivity contribution < 1.29 is 49.7 Å². The smallest absolute Gasteiger partial charge is 0.229 e. The Morgan fingerprint density at radius 1 is 1.06 bits per heavy atom. The Hall–Kier alpha value is -2.82. The molecular weight excluding hydrogens is 697 g/mol. The summed E-state index contributed by atoms with van der Waals surface area (Å²) in [5.74, 6) is -1.22. The summed E-state index contributed by atoms with van der Waals surface area (Å²) >= 11 is 0. The van der Waals surface area contributed by atoms with Crippen LogP contribution in [0.3, 0.4) is 0 Å². The minimum Gasteiger partial charge on any atom is -0.511 e. The Labute approximate surface area is 304 Å². The highest BCUT2D eigenvalue weighted by atomic mass is 33.1. The third kappa shape index (κ3) is 5.95. The lowest BCUT2D eigenvalue weighted by Crippen LogP contribution is -2.69. The van der Waals surface area contributed by atoms with Gasteiger partial charge in [0.2, 0.25) is 6.29 Å². The summed E-state index contributed by atoms with van der Waals surface area (Å²) in [5.41, 5.74) is -2.98. The zero-order valence-corrected chi connectivity index (χ0v) is 30.0. The quantitative estimate of drug-likeness (QED) is 0.210. The molecule has 1 aromatic carbocycles. The van der Waals surface area contributed by atoms with Crippen LogP contribution in [0.4, 0.5) is 0 Å². The van der Waals surface area contributed by atoms with E-state index in [2.05, 4.69) is 16.7 Å². The van der Waals surface area contributed by atoms with Crippen molar-refractivity contribution >= 4 is 33.2 Å². The van der Waals surface area contributed by atoms with E-state index in [9.17, 15) is 35.4 Å². The van der Waals surface area contributed by atoms with Gasteiger partial charge in [-0.3, -0.25) is 9.59 Å². The van der Waals surface area contributed by atoms with Crippen molar-refractivity contribution in [1.82, 2.24) is 10.6 Å². The molecule has 1 saturated heterocycles. The molecule has 3 aliphatic carbocycles. The molecule has 3 heterocycles. The fourth-order valence-electron chi connectivity index (χ4n) is 9.09. The number of hydrogen-bond donors (Lipinski definition) is 8. The van der Waals surface area contributed by atoms with Gasteiger partial charge >= 0.3 is 0 Å². The number of hydrogen-bond acceptors (Lipinski definition) is 14. The summed E-state index contributed by atoms with van der Waals surface area (Å²) in [7, 11) is 2.81. The molecule has 3 aliphatic heterocycles. The first-order chi connectivity index (χ1) is 24.5. The Kier molecular flexibility index (Phi) is 10.2. The molecule has 8 N–H and O–H groups in total. The van der Waals surface area contributed by atoms with Crippen molar-refractivity contribution in [2.24, 2.45) is 16.7 Å². The molecule has 0 radical (unpaired) electrons. The highest BCUT2D eigenvalue weighted by Gasteiger charge is 2.63. The number of carbonyl (C=O) groups is 2. The summed E-state index contributed by atoms with van der Waals surface area (Å²) in [6, 6.07) is 4.54. The number of carbonyl (C=O) groups excluding carboxylic acids is 2. The molecule has 51 heavy (non-hydrogen) atoms. The van der Waals surface area contributed by atoms with Crippen LogP contribution in [0.5, 0.6) is 5.75 Å². The lowest BCUT2D eigenvalue weighted by molar-refractivity contribution is -0.319. The number of aliphatic hydroxyl groups excluding tert-OH is 5. The van der Waals surface area contributed by atoms with E-state index in [1.54, 1.807) is 19.1 Å². The molecule has 0 unspecified atom stereocenters. The van der Waals surface area contributed by atoms with Gasteiger partial charge in [0.05, 0.1) is 29.8 Å². The van der Waals surface area contributed by atoms with Crippen molar-refractivity contribution in [3.05, 3.63) is 76.4 Å². The molecule has 1 aromatic rings. The fourth-order valence-corrected chi connectivity index (χ4v) is 11.9. The van der Waals surface area contributed by atoms with Gasteiger partial charge in [-0.05, 0) is 68.2 Å². The zero-order chi connectivity index (χ0) is 36.1. The summed E-state index contributed by atoms with van der Waals surface area (Å²) in [6.45, 7) is 1.42. The largest absolute Gasteiger partial charge is 0.511 e. The van der Waals surface area contributed by atoms with E-state index in [4.69, 9.17) is 9.47 Å². The van der Waals surface area contributed by atoms with E-state index in [1.165, 1.54) is 39.8 Å². The average Bonchev–Trinajstić information content (AvgIpc) is 3.60. The monoisotopic (exact) mass is 742 g/mol. The molecule has 6 bridgehead atoms. The predicted octanol–water partition coefficient (Wildman–Crippen LogP) is 3.02. The van der Waals surface area contributed by atoms with E-state index >= 15 is 4.79 Å². The third-order valence-electron chi connectivity index (χ3n) is 11.6. The molecule has 2 fully saturated rings. The van der Waals surface area contributed by atoms with Gasteiger partial charge in [0.15, 0.2) is 11.6 Å². The molecule has 6 aliphatic rings. The van der Waals surface area contributed by atoms with Crippen molar-refractivity contribution in [3.8, 4) is 5.75 Å². The van der Waals surface area contributed by atoms with Crippen LogP contribution in [0, 0.1) is 16.7 Å². The molecule has 2 spiro atoms. The molecule has 8 atom stereocenters. The average molecular weight is 743 g/mol. The van der Waals surface area contributed by atoms with Gasteiger partial charge in [0, 0.05) is 24.0 Å². The van der Waals surface area contributed by atoms with Gasteiger partial charge in [-0.2, -0.15) is 0 Å². The zero-order valence-electron chi connectivity index (χ0n) is 28.4. The van der Waals surface area contributed by atoms with Crippen molar-refractivity contribution in [2.45, 2.75) is 87.3 Å². The number of ketones is 2. The van der Waals surface area contributed by atoms with Crippen LogP contribution in [-0.4, -0.2) is 103 Å². The first-order valence-electron chi connectivity index (χ1n) is 17.6. The fraction of sp³-hybridized carbons (Fsp3) is 0.568. The maximum Gasteiger partial charge on any atom is 0.229 e. The molecule has 14 heteroatoms. The van der Waals surface area contributed by atoms with E-state index < -0.39 is 70.4 Å². The highest BCUT2D eigenvalue weighted by molar-refractivity contribution is 8.76. The molecule has 0 aromatic heterocycles. The SMILES string of the molecule is CC1=C[C@@H]2C(=O)c3cccc4c3C(=O)[C@@]2(C(O)=C1)[C@H](CCCO)SSCNC1=CC(=CCN1)C1(CCCC1)C[C@]1(O)[C@H](O)[C@@H](CO)O[C@@H](O4)[C@@H]1O. The number of benzene rings is 1. The maximum atomic E-state index is 15.2. The first kappa shape index (κ1) is 36.5. The second kappa shape index (κ2) is 14.2. The molecule has 1 saturated carbocycles. The standard InChI is InChI=1S/C37H46N2O10S2/c1-20-14-23-30(43)22-6-4-7-24-29(22)32(45)37(23,26(42)15-20)27(8-5-13-40)51-50-19-39-28-16-21(9-12-38-28)35(10-2-3-11-35)18-36(47)31(44)25(17-41)49-34(48-24)33(36)46/h4,6-7,9,14-16,23,25,27,31,33-34,38-42,44,46-47H,2-3,5,8,10-13,17-19H2,1H3/t23-,25-,27+,31-,33+,34-,36+,37+/m1/s1. The van der Waals surface area contributed by atoms with Gasteiger partial charge < -0.3 is 50.7 Å². The number of dihydropyridines is 1. The van der Waals surface area contributed by atoms with Crippen LogP contribution in [-0.2, 0) is 4.74 Å². The topological polar surface area (TPSA) is 198 Å². The molecule has 12 nitrogen and oxygen atoms in total. The van der Waals surface area contributed by atoms with E-state index in [1.807, 2.05) is 6.08 Å². The van der Waals surface area contributed by atoms with Gasteiger partial charge in [-0.1, -0.05) is 64.3 Å². The maximum absolute atomic E-state index is 15.2. The van der Waals surface area contributed by atoms with Crippen LogP contribution in [0.1, 0.15) is 72.6 Å². The first-order valence-corrected chi connectivity index (χ1v) is 20.0. The van der Waals surface area contributed by atoms with Gasteiger partial charge in [-0.15, -0.1) is 0 Å². The van der Waals surface area contributed by atoms with E-state index in [0.29, 0.717) is 43.7 Å². The van der Waals surface area contributed by atoms with Gasteiger partial charge in [-0.25, -0.2) is 0 Å². The molecule has 276 valence electrons. The number of fused-ring (bicyclic) bond motifs is 4. The Bertz CT molecular complexity index is 1690. The van der Waals surface area contributed by atoms with Crippen molar-refractivity contribution in [1.29, 1.82) is 0 Å². The lowest BCUT2D eigenvalue weighted by Gasteiger charge is -2.51. The van der Waals surface area contributed by atoms with Crippen molar-refractivity contribution in [2.75, 3.05) is 25.6 Å². The predicted molar refractivity (Wildman–Crippen MR) is 192 cm³/mol. The number of allylic oxidation sites excluding steroid dienone is 6. The van der Waals surface area contributed by atoms with Crippen LogP contribution in [0.15, 0.2) is 65.2 Å². The molecule has 7 rings (SSSR count). The van der Waals surface area contributed by atoms with Gasteiger partial charge in [0.1, 0.15) is 40.8 Å². The van der Waals surface area contributed by atoms with Gasteiger partial charge in [0.25, 0.3) is 0 Å². The van der Waals surface area contributed by atoms with Crippen LogP contribution >= 0.6 is 21.6 Å². The molecular formula is C37H46N2O10S2.